The maximum Gasteiger partial charge on any atom is 0.137 e. The molecule has 0 amide bonds. The van der Waals surface area contributed by atoms with E-state index in [4.69, 9.17) is 4.74 Å². The number of aromatic nitrogens is 1. The Morgan fingerprint density at radius 2 is 2.05 bits per heavy atom. The van der Waals surface area contributed by atoms with Crippen LogP contribution in [0.15, 0.2) is 18.3 Å². The molecule has 124 valence electrons. The highest BCUT2D eigenvalue weighted by atomic mass is 16.5. The van der Waals surface area contributed by atoms with Gasteiger partial charge in [-0.25, -0.2) is 0 Å². The number of hydrogen-bond acceptors (Lipinski definition) is 3. The van der Waals surface area contributed by atoms with Crippen LogP contribution in [0.2, 0.25) is 0 Å². The topological polar surface area (TPSA) is 34.1 Å². The Morgan fingerprint density at radius 3 is 2.77 bits per heavy atom. The van der Waals surface area contributed by atoms with E-state index in [0.717, 1.165) is 37.7 Å². The second-order valence-electron chi connectivity index (χ2n) is 6.52. The summed E-state index contributed by atoms with van der Waals surface area (Å²) in [7, 11) is 0. The minimum atomic E-state index is 0.746. The molecule has 0 radical (unpaired) electrons. The third-order valence-corrected chi connectivity index (χ3v) is 4.46. The van der Waals surface area contributed by atoms with Crippen LogP contribution in [-0.4, -0.2) is 24.7 Å². The van der Waals surface area contributed by atoms with Gasteiger partial charge in [-0.15, -0.1) is 0 Å². The molecule has 3 heteroatoms. The van der Waals surface area contributed by atoms with Crippen molar-refractivity contribution in [3.63, 3.8) is 0 Å². The first-order chi connectivity index (χ1) is 10.9. The second-order valence-corrected chi connectivity index (χ2v) is 6.52. The molecular formula is C19H32N2O. The van der Waals surface area contributed by atoms with E-state index in [0.29, 0.717) is 0 Å². The molecule has 0 aromatic carbocycles. The maximum absolute atomic E-state index is 5.78. The van der Waals surface area contributed by atoms with Crippen LogP contribution in [0, 0.1) is 5.92 Å². The molecule has 3 nitrogen and oxygen atoms in total. The van der Waals surface area contributed by atoms with Crippen LogP contribution in [0.25, 0.3) is 0 Å². The van der Waals surface area contributed by atoms with Gasteiger partial charge >= 0.3 is 0 Å². The van der Waals surface area contributed by atoms with Gasteiger partial charge in [0.15, 0.2) is 0 Å². The zero-order chi connectivity index (χ0) is 15.5. The Morgan fingerprint density at radius 1 is 1.18 bits per heavy atom. The van der Waals surface area contributed by atoms with Crippen LogP contribution < -0.4 is 10.1 Å². The Labute approximate surface area is 135 Å². The third kappa shape index (κ3) is 6.78. The fourth-order valence-electron chi connectivity index (χ4n) is 3.08. The van der Waals surface area contributed by atoms with Crippen molar-refractivity contribution in [1.82, 2.24) is 10.3 Å². The molecule has 0 saturated carbocycles. The molecule has 1 aliphatic heterocycles. The number of rotatable bonds is 10. The number of nitrogens with zero attached hydrogens (tertiary/aromatic N) is 1. The van der Waals surface area contributed by atoms with Crippen LogP contribution in [0.3, 0.4) is 0 Å². The van der Waals surface area contributed by atoms with Crippen LogP contribution in [0.4, 0.5) is 0 Å². The number of nitrogens with one attached hydrogen (secondary N) is 1. The summed E-state index contributed by atoms with van der Waals surface area (Å²) in [6, 6.07) is 4.21. The van der Waals surface area contributed by atoms with Crippen LogP contribution >= 0.6 is 0 Å². The van der Waals surface area contributed by atoms with Crippen LogP contribution in [-0.2, 0) is 6.42 Å². The molecule has 22 heavy (non-hydrogen) atoms. The SMILES string of the molecule is CCCCCCCCOc1ccc(CC2CCCNC2)nc1. The van der Waals surface area contributed by atoms with E-state index in [1.807, 2.05) is 6.20 Å². The Hall–Kier alpha value is -1.09. The highest BCUT2D eigenvalue weighted by molar-refractivity contribution is 5.20. The second kappa shape index (κ2) is 10.6. The average Bonchev–Trinajstić information content (AvgIpc) is 2.56. The highest BCUT2D eigenvalue weighted by Gasteiger charge is 2.13. The van der Waals surface area contributed by atoms with Gasteiger partial charge in [0.1, 0.15) is 5.75 Å². The number of unbranched alkanes of at least 4 members (excludes halogenated alkanes) is 5. The third-order valence-electron chi connectivity index (χ3n) is 4.46. The number of pyridine rings is 1. The zero-order valence-corrected chi connectivity index (χ0v) is 14.2. The van der Waals surface area contributed by atoms with Crippen molar-refractivity contribution in [2.24, 2.45) is 5.92 Å². The summed E-state index contributed by atoms with van der Waals surface area (Å²) in [5.41, 5.74) is 1.20. The lowest BCUT2D eigenvalue weighted by Gasteiger charge is -2.22. The van der Waals surface area contributed by atoms with E-state index < -0.39 is 0 Å². The molecule has 1 aromatic heterocycles. The highest BCUT2D eigenvalue weighted by Crippen LogP contribution is 2.17. The maximum atomic E-state index is 5.78. The summed E-state index contributed by atoms with van der Waals surface area (Å²) >= 11 is 0. The fourth-order valence-corrected chi connectivity index (χ4v) is 3.08. The first kappa shape index (κ1) is 17.3. The predicted molar refractivity (Wildman–Crippen MR) is 92.4 cm³/mol. The molecule has 1 fully saturated rings. The molecule has 0 aliphatic carbocycles. The van der Waals surface area contributed by atoms with Gasteiger partial charge in [0, 0.05) is 5.69 Å². The average molecular weight is 304 g/mol. The fraction of sp³-hybridized carbons (Fsp3) is 0.737. The first-order valence-electron chi connectivity index (χ1n) is 9.17. The van der Waals surface area contributed by atoms with Gasteiger partial charge in [-0.3, -0.25) is 4.98 Å². The molecule has 1 aliphatic rings. The van der Waals surface area contributed by atoms with E-state index in [9.17, 15) is 0 Å². The molecule has 1 aromatic rings. The summed E-state index contributed by atoms with van der Waals surface area (Å²) in [6.07, 6.45) is 13.4. The molecule has 0 spiro atoms. The summed E-state index contributed by atoms with van der Waals surface area (Å²) in [5, 5.41) is 3.47. The quantitative estimate of drug-likeness (QED) is 0.652. The van der Waals surface area contributed by atoms with Crippen LogP contribution in [0.1, 0.15) is 64.0 Å². The van der Waals surface area contributed by atoms with Gasteiger partial charge < -0.3 is 10.1 Å². The standard InChI is InChI=1S/C19H32N2O/c1-2-3-4-5-6-7-13-22-19-11-10-18(21-16-19)14-17-9-8-12-20-15-17/h10-11,16-17,20H,2-9,12-15H2,1H3. The van der Waals surface area contributed by atoms with Gasteiger partial charge in [0.2, 0.25) is 0 Å². The largest absolute Gasteiger partial charge is 0.492 e. The zero-order valence-electron chi connectivity index (χ0n) is 14.2. The summed E-state index contributed by atoms with van der Waals surface area (Å²) < 4.78 is 5.78. The Bertz CT molecular complexity index is 385. The lowest BCUT2D eigenvalue weighted by molar-refractivity contribution is 0.303. The van der Waals surface area contributed by atoms with Gasteiger partial charge in [-0.1, -0.05) is 39.0 Å². The van der Waals surface area contributed by atoms with E-state index in [1.54, 1.807) is 0 Å². The normalized spacial score (nSPS) is 18.3. The smallest absolute Gasteiger partial charge is 0.137 e. The van der Waals surface area contributed by atoms with Gasteiger partial charge in [-0.05, 0) is 56.8 Å². The van der Waals surface area contributed by atoms with E-state index in [1.165, 1.54) is 57.2 Å². The van der Waals surface area contributed by atoms with Gasteiger partial charge in [0.25, 0.3) is 0 Å². The predicted octanol–water partition coefficient (Wildman–Crippen LogP) is 4.36. The molecule has 2 heterocycles. The summed E-state index contributed by atoms with van der Waals surface area (Å²) in [6.45, 7) is 5.39. The molecule has 1 N–H and O–H groups in total. The van der Waals surface area contributed by atoms with Gasteiger partial charge in [0.05, 0.1) is 12.8 Å². The van der Waals surface area contributed by atoms with Crippen LogP contribution in [0.5, 0.6) is 5.75 Å². The lowest BCUT2D eigenvalue weighted by Crippen LogP contribution is -2.31. The first-order valence-corrected chi connectivity index (χ1v) is 9.17. The lowest BCUT2D eigenvalue weighted by atomic mass is 9.94. The van der Waals surface area contributed by atoms with Crippen molar-refractivity contribution < 1.29 is 4.74 Å². The molecule has 1 atom stereocenters. The molecular weight excluding hydrogens is 272 g/mol. The molecule has 0 bridgehead atoms. The van der Waals surface area contributed by atoms with Crippen molar-refractivity contribution in [3.05, 3.63) is 24.0 Å². The molecule has 1 saturated heterocycles. The minimum Gasteiger partial charge on any atom is -0.492 e. The molecule has 1 unspecified atom stereocenters. The number of piperidine rings is 1. The Kier molecular flexibility index (Phi) is 8.32. The van der Waals surface area contributed by atoms with E-state index >= 15 is 0 Å². The Balaban J connectivity index is 1.59. The van der Waals surface area contributed by atoms with Gasteiger partial charge in [-0.2, -0.15) is 0 Å². The van der Waals surface area contributed by atoms with E-state index in [2.05, 4.69) is 29.4 Å². The van der Waals surface area contributed by atoms with Crippen molar-refractivity contribution >= 4 is 0 Å². The number of ether oxygens (including phenoxy) is 1. The monoisotopic (exact) mass is 304 g/mol. The summed E-state index contributed by atoms with van der Waals surface area (Å²) in [4.78, 5) is 4.56. The van der Waals surface area contributed by atoms with Crippen molar-refractivity contribution in [2.75, 3.05) is 19.7 Å². The minimum absolute atomic E-state index is 0.746. The number of hydrogen-bond donors (Lipinski definition) is 1. The van der Waals surface area contributed by atoms with Crippen molar-refractivity contribution in [3.8, 4) is 5.75 Å². The van der Waals surface area contributed by atoms with Crippen molar-refractivity contribution in [2.45, 2.75) is 64.7 Å². The molecule has 2 rings (SSSR count). The summed E-state index contributed by atoms with van der Waals surface area (Å²) in [5.74, 6) is 1.66. The van der Waals surface area contributed by atoms with Crippen molar-refractivity contribution in [1.29, 1.82) is 0 Å². The van der Waals surface area contributed by atoms with E-state index in [-0.39, 0.29) is 0 Å².